The van der Waals surface area contributed by atoms with E-state index in [1.807, 2.05) is 6.07 Å². The van der Waals surface area contributed by atoms with Crippen molar-refractivity contribution in [1.29, 1.82) is 5.26 Å². The van der Waals surface area contributed by atoms with Crippen LogP contribution in [0.15, 0.2) is 30.3 Å². The van der Waals surface area contributed by atoms with Crippen LogP contribution in [0.25, 0.3) is 0 Å². The van der Waals surface area contributed by atoms with E-state index in [1.54, 1.807) is 11.8 Å². The Labute approximate surface area is 108 Å². The van der Waals surface area contributed by atoms with E-state index < -0.39 is 0 Å². The van der Waals surface area contributed by atoms with Crippen LogP contribution < -0.4 is 0 Å². The third kappa shape index (κ3) is 3.02. The molecule has 1 heterocycles. The predicted octanol–water partition coefficient (Wildman–Crippen LogP) is 2.91. The topological polar surface area (TPSA) is 27.0 Å². The fraction of sp³-hybridized carbons (Fsp3) is 0.500. The van der Waals surface area contributed by atoms with Crippen LogP contribution in [0.1, 0.15) is 18.4 Å². The molecule has 1 fully saturated rings. The molecular formula is C14H18N2S. The molecule has 1 aliphatic rings. The SMILES string of the molecule is CSC1(C#N)CCN(Cc2ccccc2)CC1. The lowest BCUT2D eigenvalue weighted by Crippen LogP contribution is -2.41. The van der Waals surface area contributed by atoms with Crippen LogP contribution in [0.3, 0.4) is 0 Å². The van der Waals surface area contributed by atoms with Crippen molar-refractivity contribution in [2.24, 2.45) is 0 Å². The summed E-state index contributed by atoms with van der Waals surface area (Å²) in [5.74, 6) is 0. The lowest BCUT2D eigenvalue weighted by Gasteiger charge is -2.36. The maximum absolute atomic E-state index is 9.23. The van der Waals surface area contributed by atoms with Crippen LogP contribution in [0.5, 0.6) is 0 Å². The molecule has 0 amide bonds. The van der Waals surface area contributed by atoms with Crippen LogP contribution in [-0.4, -0.2) is 29.0 Å². The van der Waals surface area contributed by atoms with Gasteiger partial charge in [-0.2, -0.15) is 5.26 Å². The van der Waals surface area contributed by atoms with Gasteiger partial charge in [-0.1, -0.05) is 30.3 Å². The molecule has 0 N–H and O–H groups in total. The number of nitriles is 1. The molecule has 0 bridgehead atoms. The zero-order valence-electron chi connectivity index (χ0n) is 10.2. The van der Waals surface area contributed by atoms with Gasteiger partial charge < -0.3 is 0 Å². The first-order chi connectivity index (χ1) is 8.28. The molecule has 0 aromatic heterocycles. The van der Waals surface area contributed by atoms with Gasteiger partial charge in [0, 0.05) is 19.6 Å². The molecule has 0 aliphatic carbocycles. The Bertz CT molecular complexity index is 388. The summed E-state index contributed by atoms with van der Waals surface area (Å²) >= 11 is 1.71. The van der Waals surface area contributed by atoms with Crippen molar-refractivity contribution in [2.45, 2.75) is 24.1 Å². The molecule has 0 spiro atoms. The number of nitrogens with zero attached hydrogens (tertiary/aromatic N) is 2. The van der Waals surface area contributed by atoms with Crippen LogP contribution in [0.4, 0.5) is 0 Å². The molecule has 2 rings (SSSR count). The largest absolute Gasteiger partial charge is 0.299 e. The fourth-order valence-corrected chi connectivity index (χ4v) is 2.96. The van der Waals surface area contributed by atoms with Gasteiger partial charge in [-0.3, -0.25) is 4.90 Å². The molecular weight excluding hydrogens is 228 g/mol. The van der Waals surface area contributed by atoms with Crippen LogP contribution in [0.2, 0.25) is 0 Å². The number of benzene rings is 1. The van der Waals surface area contributed by atoms with Gasteiger partial charge in [0.2, 0.25) is 0 Å². The van der Waals surface area contributed by atoms with Crippen LogP contribution >= 0.6 is 11.8 Å². The number of piperidine rings is 1. The normalized spacial score (nSPS) is 19.8. The Morgan fingerprint density at radius 2 is 1.94 bits per heavy atom. The van der Waals surface area contributed by atoms with E-state index in [4.69, 9.17) is 0 Å². The van der Waals surface area contributed by atoms with E-state index in [0.717, 1.165) is 32.5 Å². The van der Waals surface area contributed by atoms with E-state index in [-0.39, 0.29) is 4.75 Å². The molecule has 1 aliphatic heterocycles. The zero-order valence-corrected chi connectivity index (χ0v) is 11.0. The number of rotatable bonds is 3. The Hall–Kier alpha value is -0.980. The quantitative estimate of drug-likeness (QED) is 0.820. The molecule has 17 heavy (non-hydrogen) atoms. The minimum absolute atomic E-state index is 0.132. The molecule has 1 aromatic rings. The maximum Gasteiger partial charge on any atom is 0.104 e. The Morgan fingerprint density at radius 3 is 2.47 bits per heavy atom. The van der Waals surface area contributed by atoms with Gasteiger partial charge in [0.05, 0.1) is 6.07 Å². The van der Waals surface area contributed by atoms with Gasteiger partial charge in [-0.25, -0.2) is 0 Å². The van der Waals surface area contributed by atoms with Gasteiger partial charge in [-0.15, -0.1) is 11.8 Å². The lowest BCUT2D eigenvalue weighted by molar-refractivity contribution is 0.209. The Morgan fingerprint density at radius 1 is 1.29 bits per heavy atom. The Kier molecular flexibility index (Phi) is 4.09. The van der Waals surface area contributed by atoms with E-state index in [9.17, 15) is 5.26 Å². The minimum Gasteiger partial charge on any atom is -0.299 e. The number of thioether (sulfide) groups is 1. The highest BCUT2D eigenvalue weighted by molar-refractivity contribution is 8.00. The monoisotopic (exact) mass is 246 g/mol. The van der Waals surface area contributed by atoms with Crippen molar-refractivity contribution in [2.75, 3.05) is 19.3 Å². The summed E-state index contributed by atoms with van der Waals surface area (Å²) < 4.78 is -0.132. The summed E-state index contributed by atoms with van der Waals surface area (Å²) in [6, 6.07) is 13.0. The van der Waals surface area contributed by atoms with Gasteiger partial charge in [0.1, 0.15) is 4.75 Å². The molecule has 1 saturated heterocycles. The molecule has 3 heteroatoms. The number of hydrogen-bond acceptors (Lipinski definition) is 3. The van der Waals surface area contributed by atoms with E-state index in [1.165, 1.54) is 5.56 Å². The van der Waals surface area contributed by atoms with Crippen molar-refractivity contribution >= 4 is 11.8 Å². The van der Waals surface area contributed by atoms with Crippen molar-refractivity contribution in [3.8, 4) is 6.07 Å². The second-order valence-corrected chi connectivity index (χ2v) is 5.76. The summed E-state index contributed by atoms with van der Waals surface area (Å²) in [7, 11) is 0. The van der Waals surface area contributed by atoms with Crippen molar-refractivity contribution in [3.63, 3.8) is 0 Å². The highest BCUT2D eigenvalue weighted by Crippen LogP contribution is 2.34. The van der Waals surface area contributed by atoms with Crippen LogP contribution in [0, 0.1) is 11.3 Å². The highest BCUT2D eigenvalue weighted by atomic mass is 32.2. The zero-order chi connectivity index (χ0) is 12.1. The highest BCUT2D eigenvalue weighted by Gasteiger charge is 2.33. The average Bonchev–Trinajstić information content (AvgIpc) is 2.41. The minimum atomic E-state index is -0.132. The summed E-state index contributed by atoms with van der Waals surface area (Å²) in [4.78, 5) is 2.45. The summed E-state index contributed by atoms with van der Waals surface area (Å²) in [5, 5.41) is 9.23. The van der Waals surface area contributed by atoms with E-state index >= 15 is 0 Å². The molecule has 0 atom stereocenters. The van der Waals surface area contributed by atoms with E-state index in [0.29, 0.717) is 0 Å². The van der Waals surface area contributed by atoms with Gasteiger partial charge in [0.15, 0.2) is 0 Å². The maximum atomic E-state index is 9.23. The molecule has 90 valence electrons. The van der Waals surface area contributed by atoms with Gasteiger partial charge >= 0.3 is 0 Å². The Balaban J connectivity index is 1.90. The smallest absolute Gasteiger partial charge is 0.104 e. The molecule has 0 unspecified atom stereocenters. The van der Waals surface area contributed by atoms with Gasteiger partial charge in [0.25, 0.3) is 0 Å². The summed E-state index contributed by atoms with van der Waals surface area (Å²) in [6.07, 6.45) is 4.02. The molecule has 1 aromatic carbocycles. The first-order valence-electron chi connectivity index (χ1n) is 6.01. The van der Waals surface area contributed by atoms with Crippen molar-refractivity contribution in [3.05, 3.63) is 35.9 Å². The second-order valence-electron chi connectivity index (χ2n) is 4.57. The standard InChI is InChI=1S/C14H18N2S/c1-17-14(12-15)7-9-16(10-8-14)11-13-5-3-2-4-6-13/h2-6H,7-11H2,1H3. The molecule has 0 radical (unpaired) electrons. The average molecular weight is 246 g/mol. The number of likely N-dealkylation sites (tertiary alicyclic amines) is 1. The third-order valence-corrected chi connectivity index (χ3v) is 4.79. The first-order valence-corrected chi connectivity index (χ1v) is 7.23. The van der Waals surface area contributed by atoms with Crippen molar-refractivity contribution in [1.82, 2.24) is 4.90 Å². The molecule has 2 nitrogen and oxygen atoms in total. The van der Waals surface area contributed by atoms with Crippen molar-refractivity contribution < 1.29 is 0 Å². The third-order valence-electron chi connectivity index (χ3n) is 3.51. The first kappa shape index (κ1) is 12.5. The van der Waals surface area contributed by atoms with Crippen LogP contribution in [-0.2, 0) is 6.54 Å². The predicted molar refractivity (Wildman–Crippen MR) is 72.8 cm³/mol. The summed E-state index contributed by atoms with van der Waals surface area (Å²) in [5.41, 5.74) is 1.36. The van der Waals surface area contributed by atoms with Gasteiger partial charge in [-0.05, 0) is 24.7 Å². The number of hydrogen-bond donors (Lipinski definition) is 0. The lowest BCUT2D eigenvalue weighted by atomic mass is 9.97. The fourth-order valence-electron chi connectivity index (χ4n) is 2.28. The van der Waals surface area contributed by atoms with E-state index in [2.05, 4.69) is 41.5 Å². The molecule has 0 saturated carbocycles. The second kappa shape index (κ2) is 5.57. The summed E-state index contributed by atoms with van der Waals surface area (Å²) in [6.45, 7) is 3.07.